The minimum absolute atomic E-state index is 0.128. The molecule has 0 aliphatic rings. The van der Waals surface area contributed by atoms with Crippen molar-refractivity contribution in [2.24, 2.45) is 0 Å². The molecular formula is C12H15F3N2O2S. The molecule has 0 saturated carbocycles. The highest BCUT2D eigenvalue weighted by atomic mass is 32.2. The minimum atomic E-state index is -4.63. The lowest BCUT2D eigenvalue weighted by molar-refractivity contribution is -0.385. The van der Waals surface area contributed by atoms with E-state index in [1.165, 1.54) is 0 Å². The van der Waals surface area contributed by atoms with Gasteiger partial charge in [0.15, 0.2) is 0 Å². The van der Waals surface area contributed by atoms with Crippen molar-refractivity contribution in [1.82, 2.24) is 0 Å². The summed E-state index contributed by atoms with van der Waals surface area (Å²) in [7, 11) is 0. The maximum Gasteiger partial charge on any atom is 0.418 e. The Hall–Kier alpha value is -1.44. The number of alkyl halides is 3. The Labute approximate surface area is 118 Å². The zero-order chi connectivity index (χ0) is 15.3. The zero-order valence-corrected chi connectivity index (χ0v) is 11.8. The molecule has 1 unspecified atom stereocenters. The lowest BCUT2D eigenvalue weighted by atomic mass is 10.1. The van der Waals surface area contributed by atoms with Gasteiger partial charge in [-0.15, -0.1) is 0 Å². The fraction of sp³-hybridized carbons (Fsp3) is 0.500. The summed E-state index contributed by atoms with van der Waals surface area (Å²) in [6.45, 7) is 1.78. The summed E-state index contributed by atoms with van der Waals surface area (Å²) in [4.78, 5) is 9.73. The van der Waals surface area contributed by atoms with Crippen LogP contribution in [-0.2, 0) is 6.18 Å². The van der Waals surface area contributed by atoms with Gasteiger partial charge in [0.2, 0.25) is 0 Å². The van der Waals surface area contributed by atoms with Crippen molar-refractivity contribution in [2.45, 2.75) is 25.6 Å². The van der Waals surface area contributed by atoms with Crippen molar-refractivity contribution >= 4 is 23.1 Å². The standard InChI is InChI=1S/C12H15F3N2O2S/c1-8(5-6-20-2)16-11-4-3-9(17(18)19)7-10(11)12(13,14)15/h3-4,7-8,16H,5-6H2,1-2H3. The largest absolute Gasteiger partial charge is 0.418 e. The molecule has 0 amide bonds. The molecular weight excluding hydrogens is 293 g/mol. The molecule has 1 N–H and O–H groups in total. The van der Waals surface area contributed by atoms with Gasteiger partial charge in [0.25, 0.3) is 5.69 Å². The Balaban J connectivity index is 3.03. The summed E-state index contributed by atoms with van der Waals surface area (Å²) in [5.74, 6) is 0.822. The number of hydrogen-bond donors (Lipinski definition) is 1. The Kier molecular flexibility index (Phi) is 5.67. The fourth-order valence-corrected chi connectivity index (χ4v) is 2.23. The quantitative estimate of drug-likeness (QED) is 0.633. The molecule has 0 aliphatic carbocycles. The van der Waals surface area contributed by atoms with Gasteiger partial charge in [-0.3, -0.25) is 10.1 Å². The number of halogens is 3. The highest BCUT2D eigenvalue weighted by Gasteiger charge is 2.35. The van der Waals surface area contributed by atoms with Crippen LogP contribution in [-0.4, -0.2) is 23.0 Å². The SMILES string of the molecule is CSCCC(C)Nc1ccc([N+](=O)[O-])cc1C(F)(F)F. The van der Waals surface area contributed by atoms with Crippen molar-refractivity contribution in [3.8, 4) is 0 Å². The van der Waals surface area contributed by atoms with Crippen molar-refractivity contribution in [1.29, 1.82) is 0 Å². The molecule has 0 heterocycles. The number of nitrogens with zero attached hydrogens (tertiary/aromatic N) is 1. The number of nitrogens with one attached hydrogen (secondary N) is 1. The second-order valence-corrected chi connectivity index (χ2v) is 5.30. The fourth-order valence-electron chi connectivity index (χ4n) is 1.64. The summed E-state index contributed by atoms with van der Waals surface area (Å²) in [6.07, 6.45) is -2.01. The predicted molar refractivity (Wildman–Crippen MR) is 74.2 cm³/mol. The molecule has 1 atom stereocenters. The van der Waals surface area contributed by atoms with Gasteiger partial charge in [-0.1, -0.05) is 0 Å². The van der Waals surface area contributed by atoms with Gasteiger partial charge in [0, 0.05) is 23.9 Å². The highest BCUT2D eigenvalue weighted by molar-refractivity contribution is 7.98. The number of benzene rings is 1. The van der Waals surface area contributed by atoms with E-state index in [1.54, 1.807) is 18.7 Å². The van der Waals surface area contributed by atoms with Gasteiger partial charge >= 0.3 is 6.18 Å². The molecule has 0 fully saturated rings. The number of nitro groups is 1. The third-order valence-corrected chi connectivity index (χ3v) is 3.32. The van der Waals surface area contributed by atoms with Gasteiger partial charge in [-0.25, -0.2) is 0 Å². The summed E-state index contributed by atoms with van der Waals surface area (Å²) < 4.78 is 38.8. The van der Waals surface area contributed by atoms with Gasteiger partial charge in [-0.2, -0.15) is 24.9 Å². The number of non-ortho nitro benzene ring substituents is 1. The molecule has 1 aromatic rings. The lowest BCUT2D eigenvalue weighted by Crippen LogP contribution is -2.19. The molecule has 4 nitrogen and oxygen atoms in total. The van der Waals surface area contributed by atoms with Gasteiger partial charge in [0.05, 0.1) is 10.5 Å². The molecule has 0 radical (unpaired) electrons. The lowest BCUT2D eigenvalue weighted by Gasteiger charge is -2.19. The Morgan fingerprint density at radius 2 is 2.10 bits per heavy atom. The number of nitro benzene ring substituents is 1. The van der Waals surface area contributed by atoms with E-state index in [4.69, 9.17) is 0 Å². The molecule has 0 saturated heterocycles. The molecule has 20 heavy (non-hydrogen) atoms. The molecule has 0 aliphatic heterocycles. The Bertz CT molecular complexity index is 480. The minimum Gasteiger partial charge on any atom is -0.382 e. The van der Waals surface area contributed by atoms with Gasteiger partial charge < -0.3 is 5.32 Å². The van der Waals surface area contributed by atoms with Crippen LogP contribution in [0.1, 0.15) is 18.9 Å². The Morgan fingerprint density at radius 1 is 1.45 bits per heavy atom. The monoisotopic (exact) mass is 308 g/mol. The van der Waals surface area contributed by atoms with Crippen LogP contribution in [0.15, 0.2) is 18.2 Å². The maximum absolute atomic E-state index is 12.9. The second-order valence-electron chi connectivity index (χ2n) is 4.31. The average molecular weight is 308 g/mol. The normalized spacial score (nSPS) is 13.1. The number of hydrogen-bond acceptors (Lipinski definition) is 4. The molecule has 0 spiro atoms. The third kappa shape index (κ3) is 4.59. The summed E-state index contributed by atoms with van der Waals surface area (Å²) >= 11 is 1.61. The van der Waals surface area contributed by atoms with E-state index >= 15 is 0 Å². The number of anilines is 1. The Morgan fingerprint density at radius 3 is 2.60 bits per heavy atom. The number of rotatable bonds is 6. The highest BCUT2D eigenvalue weighted by Crippen LogP contribution is 2.37. The van der Waals surface area contributed by atoms with Gasteiger partial charge in [0.1, 0.15) is 0 Å². The van der Waals surface area contributed by atoms with Crippen LogP contribution in [0.25, 0.3) is 0 Å². The number of thioether (sulfide) groups is 1. The van der Waals surface area contributed by atoms with E-state index in [2.05, 4.69) is 5.32 Å². The summed E-state index contributed by atoms with van der Waals surface area (Å²) in [5.41, 5.74) is -1.71. The molecule has 8 heteroatoms. The van der Waals surface area contributed by atoms with Crippen LogP contribution in [0, 0.1) is 10.1 Å². The topological polar surface area (TPSA) is 55.2 Å². The summed E-state index contributed by atoms with van der Waals surface area (Å²) in [6, 6.07) is 2.59. The van der Waals surface area contributed by atoms with E-state index in [-0.39, 0.29) is 11.7 Å². The van der Waals surface area contributed by atoms with E-state index in [0.29, 0.717) is 12.5 Å². The maximum atomic E-state index is 12.9. The van der Waals surface area contributed by atoms with E-state index in [0.717, 1.165) is 17.9 Å². The van der Waals surface area contributed by atoms with Crippen molar-refractivity contribution in [3.63, 3.8) is 0 Å². The molecule has 0 aromatic heterocycles. The van der Waals surface area contributed by atoms with Crippen LogP contribution in [0.2, 0.25) is 0 Å². The smallest absolute Gasteiger partial charge is 0.382 e. The van der Waals surface area contributed by atoms with Crippen LogP contribution < -0.4 is 5.32 Å². The molecule has 0 bridgehead atoms. The predicted octanol–water partition coefficient (Wildman–Crippen LogP) is 4.17. The summed E-state index contributed by atoms with van der Waals surface area (Å²) in [5, 5.41) is 13.3. The molecule has 112 valence electrons. The zero-order valence-electron chi connectivity index (χ0n) is 11.0. The van der Waals surface area contributed by atoms with Crippen LogP contribution in [0.5, 0.6) is 0 Å². The van der Waals surface area contributed by atoms with Crippen LogP contribution >= 0.6 is 11.8 Å². The molecule has 1 aromatic carbocycles. The first-order valence-corrected chi connectivity index (χ1v) is 7.26. The van der Waals surface area contributed by atoms with Crippen molar-refractivity contribution in [3.05, 3.63) is 33.9 Å². The van der Waals surface area contributed by atoms with Crippen LogP contribution in [0.3, 0.4) is 0 Å². The first kappa shape index (κ1) is 16.6. The van der Waals surface area contributed by atoms with Gasteiger partial charge in [-0.05, 0) is 31.4 Å². The van der Waals surface area contributed by atoms with Crippen molar-refractivity contribution in [2.75, 3.05) is 17.3 Å². The molecule has 1 rings (SSSR count). The van der Waals surface area contributed by atoms with Crippen LogP contribution in [0.4, 0.5) is 24.5 Å². The van der Waals surface area contributed by atoms with E-state index < -0.39 is 22.4 Å². The first-order chi connectivity index (χ1) is 9.25. The average Bonchev–Trinajstić information content (AvgIpc) is 2.35. The van der Waals surface area contributed by atoms with E-state index in [1.807, 2.05) is 6.26 Å². The third-order valence-electron chi connectivity index (χ3n) is 2.68. The second kappa shape index (κ2) is 6.83. The van der Waals surface area contributed by atoms with Crippen molar-refractivity contribution < 1.29 is 18.1 Å². The van der Waals surface area contributed by atoms with E-state index in [9.17, 15) is 23.3 Å². The first-order valence-electron chi connectivity index (χ1n) is 5.86.